The molecule has 0 aliphatic carbocycles. The minimum Gasteiger partial charge on any atom is -0.494 e. The van der Waals surface area contributed by atoms with Crippen molar-refractivity contribution in [1.29, 1.82) is 0 Å². The summed E-state index contributed by atoms with van der Waals surface area (Å²) in [5.74, 6) is 0.879. The number of benzene rings is 2. The summed E-state index contributed by atoms with van der Waals surface area (Å²) in [7, 11) is 0. The number of hydrogen-bond acceptors (Lipinski definition) is 5. The Morgan fingerprint density at radius 1 is 0.966 bits per heavy atom. The van der Waals surface area contributed by atoms with Gasteiger partial charge in [-0.05, 0) is 61.7 Å². The molecule has 1 heterocycles. The maximum absolute atomic E-state index is 12.1. The van der Waals surface area contributed by atoms with E-state index in [9.17, 15) is 4.79 Å². The number of carbonyl (C=O) groups is 1. The number of esters is 1. The zero-order valence-electron chi connectivity index (χ0n) is 17.0. The van der Waals surface area contributed by atoms with Gasteiger partial charge in [0.25, 0.3) is 0 Å². The van der Waals surface area contributed by atoms with E-state index in [1.807, 2.05) is 0 Å². The van der Waals surface area contributed by atoms with Crippen LogP contribution < -0.4 is 9.47 Å². The average molecular weight is 397 g/mol. The molecular weight excluding hydrogens is 368 g/mol. The van der Waals surface area contributed by atoms with E-state index in [0.717, 1.165) is 57.9 Å². The lowest BCUT2D eigenvalue weighted by Gasteiger charge is -2.37. The summed E-state index contributed by atoms with van der Waals surface area (Å²) in [5.41, 5.74) is 0.730. The summed E-state index contributed by atoms with van der Waals surface area (Å²) in [6.45, 7) is 6.11. The molecule has 0 amide bonds. The minimum atomic E-state index is -0.385. The van der Waals surface area contributed by atoms with Crippen LogP contribution in [0, 0.1) is 11.5 Å². The van der Waals surface area contributed by atoms with E-state index in [-0.39, 0.29) is 11.4 Å². The van der Waals surface area contributed by atoms with E-state index >= 15 is 0 Å². The Hall–Kier alpha value is -2.37. The second-order valence-corrected chi connectivity index (χ2v) is 7.77. The van der Waals surface area contributed by atoms with Crippen LogP contribution in [-0.4, -0.2) is 39.0 Å². The molecule has 155 valence electrons. The summed E-state index contributed by atoms with van der Waals surface area (Å²) < 4.78 is 22.0. The van der Waals surface area contributed by atoms with Gasteiger partial charge in [0.05, 0.1) is 32.0 Å². The topological polar surface area (TPSA) is 54.0 Å². The smallest absolute Gasteiger partial charge is 0.343 e. The van der Waals surface area contributed by atoms with Crippen molar-refractivity contribution in [1.82, 2.24) is 0 Å². The first-order chi connectivity index (χ1) is 14.1. The van der Waals surface area contributed by atoms with Crippen molar-refractivity contribution in [3.8, 4) is 11.5 Å². The molecule has 5 nitrogen and oxygen atoms in total. The molecule has 3 rings (SSSR count). The van der Waals surface area contributed by atoms with Gasteiger partial charge in [-0.1, -0.05) is 25.5 Å². The summed E-state index contributed by atoms with van der Waals surface area (Å²) in [6, 6.07) is 16.7. The molecule has 29 heavy (non-hydrogen) atoms. The molecule has 0 spiro atoms. The van der Waals surface area contributed by atoms with Gasteiger partial charge in [-0.2, -0.15) is 0 Å². The predicted octanol–water partition coefficient (Wildman–Crippen LogP) is 4.70. The maximum Gasteiger partial charge on any atom is 0.343 e. The van der Waals surface area contributed by atoms with Crippen molar-refractivity contribution in [3.63, 3.8) is 0 Å². The van der Waals surface area contributed by atoms with Crippen molar-refractivity contribution < 1.29 is 23.7 Å². The van der Waals surface area contributed by atoms with Gasteiger partial charge in [-0.25, -0.2) is 4.79 Å². The predicted molar refractivity (Wildman–Crippen MR) is 110 cm³/mol. The SMILES string of the molecule is CC1(COCCCCCCOc2ccc(C(=O)Oc3cc[c]cc3)cc2)COC1. The second-order valence-electron chi connectivity index (χ2n) is 7.77. The van der Waals surface area contributed by atoms with Crippen LogP contribution >= 0.6 is 0 Å². The van der Waals surface area contributed by atoms with Crippen molar-refractivity contribution in [2.45, 2.75) is 32.6 Å². The molecule has 0 unspecified atom stereocenters. The van der Waals surface area contributed by atoms with Crippen LogP contribution in [0.25, 0.3) is 0 Å². The monoisotopic (exact) mass is 397 g/mol. The van der Waals surface area contributed by atoms with Gasteiger partial charge < -0.3 is 18.9 Å². The summed E-state index contributed by atoms with van der Waals surface area (Å²) in [6.07, 6.45) is 4.33. The Morgan fingerprint density at radius 2 is 1.66 bits per heavy atom. The molecule has 1 fully saturated rings. The largest absolute Gasteiger partial charge is 0.494 e. The van der Waals surface area contributed by atoms with Gasteiger partial charge in [0.2, 0.25) is 0 Å². The number of carbonyl (C=O) groups excluding carboxylic acids is 1. The van der Waals surface area contributed by atoms with E-state index in [4.69, 9.17) is 18.9 Å². The normalized spacial score (nSPS) is 14.8. The molecule has 0 bridgehead atoms. The highest BCUT2D eigenvalue weighted by Crippen LogP contribution is 2.26. The highest BCUT2D eigenvalue weighted by Gasteiger charge is 2.33. The molecular formula is C24H29O5. The molecule has 1 saturated heterocycles. The van der Waals surface area contributed by atoms with Crippen LogP contribution in [0.3, 0.4) is 0 Å². The molecule has 0 saturated carbocycles. The van der Waals surface area contributed by atoms with Crippen LogP contribution in [0.15, 0.2) is 48.5 Å². The molecule has 0 atom stereocenters. The number of rotatable bonds is 12. The van der Waals surface area contributed by atoms with Crippen molar-refractivity contribution in [2.75, 3.05) is 33.0 Å². The Bertz CT molecular complexity index is 738. The number of ether oxygens (including phenoxy) is 4. The van der Waals surface area contributed by atoms with Crippen LogP contribution in [0.4, 0.5) is 0 Å². The first-order valence-electron chi connectivity index (χ1n) is 10.2. The number of unbranched alkanes of at least 4 members (excludes halogenated alkanes) is 3. The van der Waals surface area contributed by atoms with Crippen LogP contribution in [0.2, 0.25) is 0 Å². The molecule has 1 radical (unpaired) electrons. The Kier molecular flexibility index (Phi) is 8.08. The van der Waals surface area contributed by atoms with Gasteiger partial charge in [0.1, 0.15) is 11.5 Å². The zero-order chi connectivity index (χ0) is 20.4. The van der Waals surface area contributed by atoms with Gasteiger partial charge in [-0.15, -0.1) is 0 Å². The molecule has 0 N–H and O–H groups in total. The van der Waals surface area contributed by atoms with Gasteiger partial charge in [-0.3, -0.25) is 0 Å². The molecule has 5 heteroatoms. The van der Waals surface area contributed by atoms with Crippen molar-refractivity contribution >= 4 is 5.97 Å². The Labute approximate surface area is 172 Å². The standard InChI is InChI=1S/C24H29O5/c1-24(18-27-19-24)17-26-15-7-2-3-8-16-28-21-13-11-20(12-14-21)23(25)29-22-9-5-4-6-10-22/h5-6,9-14H,2-3,7-8,15-19H2,1H3. The fourth-order valence-corrected chi connectivity index (χ4v) is 3.00. The highest BCUT2D eigenvalue weighted by atomic mass is 16.5. The fourth-order valence-electron chi connectivity index (χ4n) is 3.00. The third-order valence-corrected chi connectivity index (χ3v) is 4.79. The average Bonchev–Trinajstić information content (AvgIpc) is 2.72. The quantitative estimate of drug-likeness (QED) is 0.295. The molecule has 1 aliphatic rings. The van der Waals surface area contributed by atoms with Crippen LogP contribution in [-0.2, 0) is 9.47 Å². The third-order valence-electron chi connectivity index (χ3n) is 4.79. The van der Waals surface area contributed by atoms with Crippen LogP contribution in [0.1, 0.15) is 43.0 Å². The Balaban J connectivity index is 1.24. The van der Waals surface area contributed by atoms with E-state index in [1.54, 1.807) is 48.5 Å². The van der Waals surface area contributed by atoms with E-state index in [1.165, 1.54) is 0 Å². The molecule has 2 aromatic rings. The fraction of sp³-hybridized carbons (Fsp3) is 0.458. The lowest BCUT2D eigenvalue weighted by Crippen LogP contribution is -2.43. The van der Waals surface area contributed by atoms with E-state index < -0.39 is 0 Å². The highest BCUT2D eigenvalue weighted by molar-refractivity contribution is 5.91. The summed E-state index contributed by atoms with van der Waals surface area (Å²) in [5, 5.41) is 0. The number of hydrogen-bond donors (Lipinski definition) is 0. The first kappa shape index (κ1) is 21.3. The van der Waals surface area contributed by atoms with Crippen molar-refractivity contribution in [3.05, 3.63) is 60.2 Å². The van der Waals surface area contributed by atoms with E-state index in [2.05, 4.69) is 13.0 Å². The second kappa shape index (κ2) is 11.0. The van der Waals surface area contributed by atoms with Crippen LogP contribution in [0.5, 0.6) is 11.5 Å². The maximum atomic E-state index is 12.1. The van der Waals surface area contributed by atoms with Gasteiger partial charge in [0.15, 0.2) is 0 Å². The molecule has 0 aromatic heterocycles. The first-order valence-corrected chi connectivity index (χ1v) is 10.2. The van der Waals surface area contributed by atoms with Gasteiger partial charge in [0, 0.05) is 12.0 Å². The molecule has 1 aliphatic heterocycles. The lowest BCUT2D eigenvalue weighted by atomic mass is 9.90. The van der Waals surface area contributed by atoms with Crippen molar-refractivity contribution in [2.24, 2.45) is 5.41 Å². The van der Waals surface area contributed by atoms with Gasteiger partial charge >= 0.3 is 5.97 Å². The summed E-state index contributed by atoms with van der Waals surface area (Å²) in [4.78, 5) is 12.1. The summed E-state index contributed by atoms with van der Waals surface area (Å²) >= 11 is 0. The third kappa shape index (κ3) is 7.18. The lowest BCUT2D eigenvalue weighted by molar-refractivity contribution is -0.137. The van der Waals surface area contributed by atoms with E-state index in [0.29, 0.717) is 17.9 Å². The zero-order valence-corrected chi connectivity index (χ0v) is 17.0. The Morgan fingerprint density at radius 3 is 2.31 bits per heavy atom. The minimum absolute atomic E-state index is 0.237. The molecule has 2 aromatic carbocycles.